The Morgan fingerprint density at radius 3 is 2.83 bits per heavy atom. The first-order chi connectivity index (χ1) is 13.9. The van der Waals surface area contributed by atoms with E-state index in [-0.39, 0.29) is 17.5 Å². The van der Waals surface area contributed by atoms with Crippen LogP contribution in [0, 0.1) is 0 Å². The molecule has 0 saturated carbocycles. The number of aromatic nitrogens is 3. The molecule has 4 rings (SSSR count). The molecule has 1 aromatic carbocycles. The standard InChI is InChI=1S/C20H19BrN6O2/c1-11(2)27-7-3-4-16(19(27)29)25-18-14(21)10-22-20(26-18)23-13-5-6-15-12(8-13)9-17(28)24-15/h3-8,10-11H,9H2,1-2H3,(H,24,28)(H2,22,23,25,26). The SMILES string of the molecule is CC(C)n1cccc(Nc2nc(Nc3ccc4c(c3)CC(=O)N4)ncc2Br)c1=O. The first-order valence-corrected chi connectivity index (χ1v) is 9.90. The van der Waals surface area contributed by atoms with Gasteiger partial charge in [0, 0.05) is 29.8 Å². The third-order valence-electron chi connectivity index (χ3n) is 4.51. The number of amides is 1. The molecule has 0 saturated heterocycles. The number of fused-ring (bicyclic) bond motifs is 1. The Bertz CT molecular complexity index is 1160. The molecule has 3 aromatic rings. The average Bonchev–Trinajstić information content (AvgIpc) is 3.05. The second kappa shape index (κ2) is 7.67. The van der Waals surface area contributed by atoms with Gasteiger partial charge >= 0.3 is 0 Å². The van der Waals surface area contributed by atoms with Gasteiger partial charge in [-0.15, -0.1) is 0 Å². The molecule has 0 fully saturated rings. The predicted molar refractivity (Wildman–Crippen MR) is 116 cm³/mol. The largest absolute Gasteiger partial charge is 0.335 e. The molecule has 3 heterocycles. The van der Waals surface area contributed by atoms with E-state index >= 15 is 0 Å². The number of anilines is 5. The molecule has 1 amide bonds. The monoisotopic (exact) mass is 454 g/mol. The molecule has 29 heavy (non-hydrogen) atoms. The number of rotatable bonds is 5. The predicted octanol–water partition coefficient (Wildman–Crippen LogP) is 3.96. The van der Waals surface area contributed by atoms with Crippen molar-refractivity contribution in [1.29, 1.82) is 0 Å². The Labute approximate surface area is 175 Å². The van der Waals surface area contributed by atoms with E-state index in [9.17, 15) is 9.59 Å². The zero-order valence-electron chi connectivity index (χ0n) is 15.9. The van der Waals surface area contributed by atoms with Gasteiger partial charge in [0.2, 0.25) is 11.9 Å². The Morgan fingerprint density at radius 2 is 2.03 bits per heavy atom. The van der Waals surface area contributed by atoms with Crippen molar-refractivity contribution in [1.82, 2.24) is 14.5 Å². The van der Waals surface area contributed by atoms with E-state index in [1.54, 1.807) is 23.0 Å². The molecule has 3 N–H and O–H groups in total. The maximum Gasteiger partial charge on any atom is 0.274 e. The number of hydrogen-bond acceptors (Lipinski definition) is 6. The number of benzene rings is 1. The van der Waals surface area contributed by atoms with Gasteiger partial charge in [-0.1, -0.05) is 0 Å². The lowest BCUT2D eigenvalue weighted by molar-refractivity contribution is -0.115. The number of carbonyl (C=O) groups is 1. The minimum atomic E-state index is -0.127. The number of nitrogens with one attached hydrogen (secondary N) is 3. The van der Waals surface area contributed by atoms with Crippen LogP contribution in [0.4, 0.5) is 28.8 Å². The molecule has 9 heteroatoms. The molecular formula is C20H19BrN6O2. The number of carbonyl (C=O) groups excluding carboxylic acids is 1. The molecule has 0 radical (unpaired) electrons. The zero-order valence-corrected chi connectivity index (χ0v) is 17.4. The van der Waals surface area contributed by atoms with Crippen LogP contribution in [0.2, 0.25) is 0 Å². The number of halogens is 1. The van der Waals surface area contributed by atoms with Crippen LogP contribution >= 0.6 is 15.9 Å². The van der Waals surface area contributed by atoms with E-state index in [1.807, 2.05) is 38.1 Å². The summed E-state index contributed by atoms with van der Waals surface area (Å²) in [6, 6.07) is 9.17. The summed E-state index contributed by atoms with van der Waals surface area (Å²) >= 11 is 3.42. The summed E-state index contributed by atoms with van der Waals surface area (Å²) in [5.41, 5.74) is 2.82. The molecule has 0 bridgehead atoms. The summed E-state index contributed by atoms with van der Waals surface area (Å²) in [4.78, 5) is 32.9. The van der Waals surface area contributed by atoms with Gasteiger partial charge in [-0.25, -0.2) is 4.98 Å². The van der Waals surface area contributed by atoms with Crippen LogP contribution in [0.25, 0.3) is 0 Å². The molecule has 0 unspecified atom stereocenters. The molecule has 8 nitrogen and oxygen atoms in total. The first kappa shape index (κ1) is 19.1. The van der Waals surface area contributed by atoms with Crippen molar-refractivity contribution in [3.05, 3.63) is 63.1 Å². The van der Waals surface area contributed by atoms with E-state index in [0.717, 1.165) is 16.9 Å². The van der Waals surface area contributed by atoms with Crippen molar-refractivity contribution in [2.24, 2.45) is 0 Å². The highest BCUT2D eigenvalue weighted by molar-refractivity contribution is 9.10. The quantitative estimate of drug-likeness (QED) is 0.539. The van der Waals surface area contributed by atoms with Crippen LogP contribution in [-0.4, -0.2) is 20.4 Å². The lowest BCUT2D eigenvalue weighted by Crippen LogP contribution is -2.23. The van der Waals surface area contributed by atoms with Crippen molar-refractivity contribution < 1.29 is 4.79 Å². The van der Waals surface area contributed by atoms with Gasteiger partial charge < -0.3 is 20.5 Å². The molecule has 0 spiro atoms. The maximum atomic E-state index is 12.6. The molecule has 0 aliphatic carbocycles. The van der Waals surface area contributed by atoms with Crippen LogP contribution in [0.3, 0.4) is 0 Å². The highest BCUT2D eigenvalue weighted by Crippen LogP contribution is 2.28. The van der Waals surface area contributed by atoms with Crippen LogP contribution in [0.1, 0.15) is 25.5 Å². The number of nitrogens with zero attached hydrogens (tertiary/aromatic N) is 3. The molecule has 148 valence electrons. The lowest BCUT2D eigenvalue weighted by Gasteiger charge is -2.13. The average molecular weight is 455 g/mol. The van der Waals surface area contributed by atoms with Gasteiger partial charge in [0.1, 0.15) is 5.69 Å². The molecule has 1 aliphatic heterocycles. The third kappa shape index (κ3) is 4.00. The molecular weight excluding hydrogens is 436 g/mol. The summed E-state index contributed by atoms with van der Waals surface area (Å²) < 4.78 is 2.28. The minimum Gasteiger partial charge on any atom is -0.335 e. The van der Waals surface area contributed by atoms with Crippen molar-refractivity contribution >= 4 is 50.7 Å². The van der Waals surface area contributed by atoms with Crippen LogP contribution in [0.15, 0.2) is 52.0 Å². The highest BCUT2D eigenvalue weighted by atomic mass is 79.9. The maximum absolute atomic E-state index is 12.6. The van der Waals surface area contributed by atoms with Crippen LogP contribution in [0.5, 0.6) is 0 Å². The van der Waals surface area contributed by atoms with Crippen LogP contribution < -0.4 is 21.5 Å². The minimum absolute atomic E-state index is 0.0153. The van der Waals surface area contributed by atoms with Gasteiger partial charge in [0.05, 0.1) is 10.9 Å². The normalized spacial score (nSPS) is 12.6. The molecule has 2 aromatic heterocycles. The van der Waals surface area contributed by atoms with E-state index in [0.29, 0.717) is 28.3 Å². The second-order valence-corrected chi connectivity index (χ2v) is 7.82. The highest BCUT2D eigenvalue weighted by Gasteiger charge is 2.18. The van der Waals surface area contributed by atoms with E-state index < -0.39 is 0 Å². The smallest absolute Gasteiger partial charge is 0.274 e. The topological polar surface area (TPSA) is 101 Å². The van der Waals surface area contributed by atoms with Gasteiger partial charge in [0.15, 0.2) is 5.82 Å². The second-order valence-electron chi connectivity index (χ2n) is 6.97. The number of pyridine rings is 1. The fourth-order valence-electron chi connectivity index (χ4n) is 3.09. The van der Waals surface area contributed by atoms with Gasteiger partial charge in [-0.2, -0.15) is 4.98 Å². The molecule has 0 atom stereocenters. The third-order valence-corrected chi connectivity index (χ3v) is 5.09. The number of hydrogen-bond donors (Lipinski definition) is 3. The first-order valence-electron chi connectivity index (χ1n) is 9.11. The summed E-state index contributed by atoms with van der Waals surface area (Å²) in [5, 5.41) is 9.03. The Kier molecular flexibility index (Phi) is 5.06. The van der Waals surface area contributed by atoms with Crippen molar-refractivity contribution in [3.63, 3.8) is 0 Å². The van der Waals surface area contributed by atoms with E-state index in [2.05, 4.69) is 41.8 Å². The Hall–Kier alpha value is -3.20. The Balaban J connectivity index is 1.59. The summed E-state index contributed by atoms with van der Waals surface area (Å²) in [6.07, 6.45) is 3.72. The lowest BCUT2D eigenvalue weighted by atomic mass is 10.1. The van der Waals surface area contributed by atoms with Crippen molar-refractivity contribution in [3.8, 4) is 0 Å². The summed E-state index contributed by atoms with van der Waals surface area (Å²) in [6.45, 7) is 3.90. The Morgan fingerprint density at radius 1 is 1.21 bits per heavy atom. The zero-order chi connectivity index (χ0) is 20.5. The van der Waals surface area contributed by atoms with Crippen molar-refractivity contribution in [2.45, 2.75) is 26.3 Å². The van der Waals surface area contributed by atoms with Crippen LogP contribution in [-0.2, 0) is 11.2 Å². The van der Waals surface area contributed by atoms with Gasteiger partial charge in [-0.3, -0.25) is 9.59 Å². The fraction of sp³-hybridized carbons (Fsp3) is 0.200. The summed E-state index contributed by atoms with van der Waals surface area (Å²) in [5.74, 6) is 0.825. The van der Waals surface area contributed by atoms with E-state index in [1.165, 1.54) is 0 Å². The van der Waals surface area contributed by atoms with E-state index in [4.69, 9.17) is 0 Å². The fourth-order valence-corrected chi connectivity index (χ4v) is 3.38. The van der Waals surface area contributed by atoms with Crippen molar-refractivity contribution in [2.75, 3.05) is 16.0 Å². The molecule has 1 aliphatic rings. The van der Waals surface area contributed by atoms with Gasteiger partial charge in [0.25, 0.3) is 5.56 Å². The summed E-state index contributed by atoms with van der Waals surface area (Å²) in [7, 11) is 0. The van der Waals surface area contributed by atoms with Gasteiger partial charge in [-0.05, 0) is 65.7 Å².